The second kappa shape index (κ2) is 10.3. The lowest BCUT2D eigenvalue weighted by Gasteiger charge is -2.21. The molecule has 0 atom stereocenters. The van der Waals surface area contributed by atoms with E-state index in [0.29, 0.717) is 30.5 Å². The Kier molecular flexibility index (Phi) is 8.71. The number of rotatable bonds is 7. The number of nitrogens with zero attached hydrogens (tertiary/aromatic N) is 1. The summed E-state index contributed by atoms with van der Waals surface area (Å²) >= 11 is 3.48. The number of methoxy groups -OCH3 is 2. The molecule has 0 aliphatic carbocycles. The van der Waals surface area contributed by atoms with Crippen LogP contribution in [0.5, 0.6) is 11.5 Å². The van der Waals surface area contributed by atoms with Gasteiger partial charge in [-0.3, -0.25) is 4.79 Å². The summed E-state index contributed by atoms with van der Waals surface area (Å²) in [6.45, 7) is 9.08. The number of hydrogen-bond donors (Lipinski definition) is 3. The Bertz CT molecular complexity index is 642. The molecule has 3 N–H and O–H groups in total. The number of nitrogens with one attached hydrogen (secondary N) is 3. The molecule has 0 heterocycles. The van der Waals surface area contributed by atoms with Crippen LogP contribution in [0, 0.1) is 0 Å². The summed E-state index contributed by atoms with van der Waals surface area (Å²) in [6.07, 6.45) is 0. The highest BCUT2D eigenvalue weighted by molar-refractivity contribution is 9.10. The first-order valence-electron chi connectivity index (χ1n) is 8.43. The quantitative estimate of drug-likeness (QED) is 0.458. The fourth-order valence-corrected chi connectivity index (χ4v) is 2.85. The number of hydrogen-bond acceptors (Lipinski definition) is 4. The van der Waals surface area contributed by atoms with E-state index in [9.17, 15) is 4.79 Å². The molecule has 0 aliphatic heterocycles. The molecule has 1 rings (SSSR count). The number of benzene rings is 1. The predicted octanol–water partition coefficient (Wildman–Crippen LogP) is 2.44. The molecule has 26 heavy (non-hydrogen) atoms. The first-order valence-corrected chi connectivity index (χ1v) is 9.23. The van der Waals surface area contributed by atoms with Gasteiger partial charge in [0.15, 0.2) is 17.5 Å². The Morgan fingerprint density at radius 1 is 1.19 bits per heavy atom. The number of carbonyl (C=O) groups is 1. The van der Waals surface area contributed by atoms with Crippen molar-refractivity contribution in [1.82, 2.24) is 16.0 Å². The molecule has 0 fully saturated rings. The van der Waals surface area contributed by atoms with Gasteiger partial charge in [-0.05, 0) is 61.3 Å². The van der Waals surface area contributed by atoms with E-state index in [1.165, 1.54) is 0 Å². The van der Waals surface area contributed by atoms with Crippen LogP contribution in [-0.4, -0.2) is 44.7 Å². The smallest absolute Gasteiger partial charge is 0.239 e. The normalized spacial score (nSPS) is 11.7. The highest BCUT2D eigenvalue weighted by Gasteiger charge is 2.14. The van der Waals surface area contributed by atoms with Gasteiger partial charge in [0, 0.05) is 12.1 Å². The lowest BCUT2D eigenvalue weighted by Crippen LogP contribution is -2.48. The van der Waals surface area contributed by atoms with E-state index in [-0.39, 0.29) is 18.0 Å². The van der Waals surface area contributed by atoms with E-state index in [4.69, 9.17) is 9.47 Å². The topological polar surface area (TPSA) is 84.0 Å². The molecule has 0 radical (unpaired) electrons. The average molecular weight is 429 g/mol. The van der Waals surface area contributed by atoms with Gasteiger partial charge in [0.05, 0.1) is 31.8 Å². The van der Waals surface area contributed by atoms with Crippen molar-refractivity contribution in [2.75, 3.05) is 27.3 Å². The summed E-state index contributed by atoms with van der Waals surface area (Å²) in [5, 5.41) is 9.07. The fourth-order valence-electron chi connectivity index (χ4n) is 2.20. The molecule has 0 spiro atoms. The predicted molar refractivity (Wildman–Crippen MR) is 108 cm³/mol. The van der Waals surface area contributed by atoms with E-state index in [0.717, 1.165) is 10.0 Å². The van der Waals surface area contributed by atoms with Crippen LogP contribution >= 0.6 is 15.9 Å². The summed E-state index contributed by atoms with van der Waals surface area (Å²) in [7, 11) is 3.19. The molecule has 0 aromatic heterocycles. The van der Waals surface area contributed by atoms with Crippen molar-refractivity contribution in [3.8, 4) is 11.5 Å². The van der Waals surface area contributed by atoms with Gasteiger partial charge in [0.2, 0.25) is 5.91 Å². The molecule has 0 unspecified atom stereocenters. The molecular formula is C18H29BrN4O3. The number of guanidine groups is 1. The number of aliphatic imine (C=N–C) groups is 1. The summed E-state index contributed by atoms with van der Waals surface area (Å²) < 4.78 is 11.5. The molecule has 1 aromatic carbocycles. The zero-order valence-corrected chi connectivity index (χ0v) is 17.9. The number of carbonyl (C=O) groups excluding carboxylic acids is 1. The maximum atomic E-state index is 11.9. The van der Waals surface area contributed by atoms with Crippen molar-refractivity contribution in [2.24, 2.45) is 4.99 Å². The van der Waals surface area contributed by atoms with E-state index >= 15 is 0 Å². The molecular weight excluding hydrogens is 400 g/mol. The molecule has 0 aliphatic rings. The first-order chi connectivity index (χ1) is 12.2. The third kappa shape index (κ3) is 7.51. The van der Waals surface area contributed by atoms with E-state index in [1.807, 2.05) is 39.8 Å². The Morgan fingerprint density at radius 3 is 2.42 bits per heavy atom. The molecule has 1 amide bonds. The van der Waals surface area contributed by atoms with Gasteiger partial charge in [0.1, 0.15) is 0 Å². The van der Waals surface area contributed by atoms with Gasteiger partial charge in [0.25, 0.3) is 0 Å². The summed E-state index contributed by atoms with van der Waals surface area (Å²) in [5.74, 6) is 1.76. The zero-order chi connectivity index (χ0) is 19.7. The summed E-state index contributed by atoms with van der Waals surface area (Å²) in [5.41, 5.74) is 0.686. The molecule has 0 bridgehead atoms. The van der Waals surface area contributed by atoms with Crippen molar-refractivity contribution in [1.29, 1.82) is 0 Å². The van der Waals surface area contributed by atoms with Gasteiger partial charge in [-0.2, -0.15) is 0 Å². The lowest BCUT2D eigenvalue weighted by molar-refractivity contribution is -0.121. The monoisotopic (exact) mass is 428 g/mol. The summed E-state index contributed by atoms with van der Waals surface area (Å²) in [4.78, 5) is 16.5. The van der Waals surface area contributed by atoms with Crippen molar-refractivity contribution in [3.63, 3.8) is 0 Å². The maximum Gasteiger partial charge on any atom is 0.239 e. The largest absolute Gasteiger partial charge is 0.493 e. The zero-order valence-electron chi connectivity index (χ0n) is 16.3. The third-order valence-corrected chi connectivity index (χ3v) is 3.78. The molecule has 0 saturated carbocycles. The van der Waals surface area contributed by atoms with Crippen molar-refractivity contribution in [3.05, 3.63) is 22.2 Å². The number of halogens is 1. The van der Waals surface area contributed by atoms with Crippen molar-refractivity contribution < 1.29 is 14.3 Å². The van der Waals surface area contributed by atoms with Crippen LogP contribution < -0.4 is 25.4 Å². The van der Waals surface area contributed by atoms with Crippen LogP contribution in [0.3, 0.4) is 0 Å². The van der Waals surface area contributed by atoms with E-state index in [2.05, 4.69) is 36.9 Å². The Balaban J connectivity index is 2.80. The average Bonchev–Trinajstić information content (AvgIpc) is 2.55. The number of ether oxygens (including phenoxy) is 2. The van der Waals surface area contributed by atoms with Crippen LogP contribution in [0.25, 0.3) is 0 Å². The van der Waals surface area contributed by atoms with Crippen LogP contribution in [0.1, 0.15) is 33.3 Å². The van der Waals surface area contributed by atoms with Gasteiger partial charge in [-0.1, -0.05) is 0 Å². The second-order valence-corrected chi connectivity index (χ2v) is 7.51. The second-order valence-electron chi connectivity index (χ2n) is 6.66. The van der Waals surface area contributed by atoms with E-state index in [1.54, 1.807) is 14.2 Å². The van der Waals surface area contributed by atoms with Gasteiger partial charge in [-0.15, -0.1) is 0 Å². The van der Waals surface area contributed by atoms with Gasteiger partial charge in [-0.25, -0.2) is 4.99 Å². The summed E-state index contributed by atoms with van der Waals surface area (Å²) in [6, 6.07) is 3.81. The highest BCUT2D eigenvalue weighted by atomic mass is 79.9. The Labute approximate surface area is 164 Å². The lowest BCUT2D eigenvalue weighted by atomic mass is 10.1. The first kappa shape index (κ1) is 22.1. The Morgan fingerprint density at radius 2 is 1.88 bits per heavy atom. The van der Waals surface area contributed by atoms with E-state index < -0.39 is 0 Å². The molecule has 1 aromatic rings. The Hall–Kier alpha value is -1.96. The SMILES string of the molecule is CCNC(=NCc1cc(Br)c(OC)c(OC)c1)NCC(=O)NC(C)(C)C. The van der Waals surface area contributed by atoms with Crippen LogP contribution in [-0.2, 0) is 11.3 Å². The van der Waals surface area contributed by atoms with Crippen LogP contribution in [0.2, 0.25) is 0 Å². The molecule has 0 saturated heterocycles. The molecule has 146 valence electrons. The minimum atomic E-state index is -0.264. The standard InChI is InChI=1S/C18H29BrN4O3/c1-7-20-17(22-11-15(24)23-18(2,3)4)21-10-12-8-13(19)16(26-6)14(9-12)25-5/h8-9H,7,10-11H2,1-6H3,(H,23,24)(H2,20,21,22). The fraction of sp³-hybridized carbons (Fsp3) is 0.556. The van der Waals surface area contributed by atoms with Crippen molar-refractivity contribution in [2.45, 2.75) is 39.8 Å². The van der Waals surface area contributed by atoms with Crippen molar-refractivity contribution >= 4 is 27.8 Å². The van der Waals surface area contributed by atoms with Crippen LogP contribution in [0.4, 0.5) is 0 Å². The molecule has 7 nitrogen and oxygen atoms in total. The maximum absolute atomic E-state index is 11.9. The third-order valence-electron chi connectivity index (χ3n) is 3.19. The highest BCUT2D eigenvalue weighted by Crippen LogP contribution is 2.36. The minimum absolute atomic E-state index is 0.0861. The van der Waals surface area contributed by atoms with Gasteiger partial charge >= 0.3 is 0 Å². The van der Waals surface area contributed by atoms with Gasteiger partial charge < -0.3 is 25.4 Å². The number of amides is 1. The minimum Gasteiger partial charge on any atom is -0.493 e. The van der Waals surface area contributed by atoms with Crippen LogP contribution in [0.15, 0.2) is 21.6 Å². The molecule has 8 heteroatoms.